The zero-order chi connectivity index (χ0) is 37.5. The lowest BCUT2D eigenvalue weighted by Crippen LogP contribution is -2.60. The van der Waals surface area contributed by atoms with Crippen LogP contribution in [0.5, 0.6) is 0 Å². The molecule has 0 amide bonds. The van der Waals surface area contributed by atoms with E-state index in [1.807, 2.05) is 0 Å². The van der Waals surface area contributed by atoms with Gasteiger partial charge in [-0.3, -0.25) is 29.1 Å². The summed E-state index contributed by atoms with van der Waals surface area (Å²) in [5.41, 5.74) is -0.891. The van der Waals surface area contributed by atoms with E-state index in [2.05, 4.69) is 119 Å². The zero-order valence-corrected chi connectivity index (χ0v) is 34.0. The maximum Gasteiger partial charge on any atom is 0.310 e. The van der Waals surface area contributed by atoms with Crippen molar-refractivity contribution in [3.8, 4) is 0 Å². The minimum absolute atomic E-state index is 0.00491. The van der Waals surface area contributed by atoms with Gasteiger partial charge in [0.1, 0.15) is 12.2 Å². The summed E-state index contributed by atoms with van der Waals surface area (Å²) >= 11 is 0. The van der Waals surface area contributed by atoms with Gasteiger partial charge < -0.3 is 18.9 Å². The third-order valence-corrected chi connectivity index (χ3v) is 12.9. The Morgan fingerprint density at radius 3 is 1.27 bits per heavy atom. The molecule has 3 fully saturated rings. The summed E-state index contributed by atoms with van der Waals surface area (Å²) in [4.78, 5) is 48.5. The molecule has 0 aromatic carbocycles. The number of methoxy groups -OCH3 is 1. The second-order valence-electron chi connectivity index (χ2n) is 19.2. The lowest BCUT2D eigenvalue weighted by molar-refractivity contribution is -0.176. The highest BCUT2D eigenvalue weighted by Crippen LogP contribution is 2.41. The van der Waals surface area contributed by atoms with Crippen molar-refractivity contribution in [1.29, 1.82) is 0 Å². The van der Waals surface area contributed by atoms with Crippen molar-refractivity contribution in [2.75, 3.05) is 34.9 Å². The van der Waals surface area contributed by atoms with Crippen molar-refractivity contribution in [2.24, 2.45) is 11.8 Å². The fourth-order valence-corrected chi connectivity index (χ4v) is 9.18. The molecule has 0 spiro atoms. The van der Waals surface area contributed by atoms with E-state index in [1.54, 1.807) is 0 Å². The van der Waals surface area contributed by atoms with Gasteiger partial charge in [-0.15, -0.1) is 0 Å². The third-order valence-electron chi connectivity index (χ3n) is 12.9. The summed E-state index contributed by atoms with van der Waals surface area (Å²) in [7, 11) is 7.68. The van der Waals surface area contributed by atoms with E-state index in [9.17, 15) is 14.4 Å². The van der Waals surface area contributed by atoms with Gasteiger partial charge in [0.2, 0.25) is 0 Å². The monoisotopic (exact) mass is 694 g/mol. The van der Waals surface area contributed by atoms with Gasteiger partial charge in [-0.2, -0.15) is 0 Å². The van der Waals surface area contributed by atoms with Gasteiger partial charge in [-0.25, -0.2) is 0 Å². The van der Waals surface area contributed by atoms with Gasteiger partial charge in [0.05, 0.1) is 31.5 Å². The Morgan fingerprint density at radius 2 is 0.898 bits per heavy atom. The molecule has 0 N–H and O–H groups in total. The van der Waals surface area contributed by atoms with Crippen LogP contribution in [0, 0.1) is 11.8 Å². The Kier molecular flexibility index (Phi) is 12.5. The average molecular weight is 694 g/mol. The van der Waals surface area contributed by atoms with Gasteiger partial charge >= 0.3 is 17.9 Å². The molecule has 3 rings (SSSR count). The maximum absolute atomic E-state index is 14.2. The van der Waals surface area contributed by atoms with Crippen molar-refractivity contribution < 1.29 is 33.3 Å². The van der Waals surface area contributed by atoms with Crippen LogP contribution in [-0.4, -0.2) is 119 Å². The first-order valence-electron chi connectivity index (χ1n) is 18.5. The number of hydrogen-bond donors (Lipinski definition) is 0. The van der Waals surface area contributed by atoms with Crippen LogP contribution in [0.2, 0.25) is 0 Å². The molecule has 0 bridgehead atoms. The Balaban J connectivity index is 1.84. The molecular weight excluding hydrogens is 622 g/mol. The molecule has 0 aromatic rings. The van der Waals surface area contributed by atoms with Crippen LogP contribution >= 0.6 is 0 Å². The standard InChI is InChI=1S/C39H71N3O7/c1-34(2)20-26(21-35(3,4)40(34)13)47-18-17-29(32(44)46-16)30(33(45)49-28-24-38(9,10)42(15)39(11,12)25-28)19-31(43)48-27-22-36(5,6)41(14)37(7,8)23-27/h26-30H,17-25H2,1-16H3. The number of nitrogens with zero attached hydrogens (tertiary/aromatic N) is 3. The number of likely N-dealkylation sites (tertiary alicyclic amines) is 3. The van der Waals surface area contributed by atoms with Crippen LogP contribution in [0.3, 0.4) is 0 Å². The molecule has 3 aliphatic heterocycles. The fraction of sp³-hybridized carbons (Fsp3) is 0.923. The minimum Gasteiger partial charge on any atom is -0.469 e. The molecule has 10 nitrogen and oxygen atoms in total. The van der Waals surface area contributed by atoms with E-state index in [-0.39, 0.29) is 71.0 Å². The summed E-state index contributed by atoms with van der Waals surface area (Å²) < 4.78 is 24.1. The molecule has 10 heteroatoms. The number of hydrogen-bond acceptors (Lipinski definition) is 10. The van der Waals surface area contributed by atoms with Gasteiger partial charge in [0.25, 0.3) is 0 Å². The van der Waals surface area contributed by atoms with Crippen molar-refractivity contribution in [1.82, 2.24) is 14.7 Å². The van der Waals surface area contributed by atoms with E-state index in [4.69, 9.17) is 18.9 Å². The Morgan fingerprint density at radius 1 is 0.551 bits per heavy atom. The maximum atomic E-state index is 14.2. The summed E-state index contributed by atoms with van der Waals surface area (Å²) in [5.74, 6) is -3.59. The molecule has 3 aliphatic rings. The lowest BCUT2D eigenvalue weighted by atomic mass is 9.78. The quantitative estimate of drug-likeness (QED) is 0.183. The second kappa shape index (κ2) is 14.7. The molecule has 0 saturated carbocycles. The molecule has 2 atom stereocenters. The number of ether oxygens (including phenoxy) is 4. The highest BCUT2D eigenvalue weighted by atomic mass is 16.6. The zero-order valence-electron chi connectivity index (χ0n) is 34.0. The number of carbonyl (C=O) groups is 3. The van der Waals surface area contributed by atoms with E-state index in [0.717, 1.165) is 12.8 Å². The number of carbonyl (C=O) groups excluding carboxylic acids is 3. The first-order valence-corrected chi connectivity index (χ1v) is 18.5. The molecule has 2 unspecified atom stereocenters. The highest BCUT2D eigenvalue weighted by molar-refractivity contribution is 5.86. The molecule has 0 aliphatic carbocycles. The molecule has 49 heavy (non-hydrogen) atoms. The Labute approximate surface area is 298 Å². The van der Waals surface area contributed by atoms with E-state index in [1.165, 1.54) is 7.11 Å². The number of esters is 3. The Bertz CT molecular complexity index is 1140. The van der Waals surface area contributed by atoms with Crippen LogP contribution in [0.1, 0.15) is 134 Å². The normalized spacial score (nSPS) is 27.2. The van der Waals surface area contributed by atoms with Crippen molar-refractivity contribution >= 4 is 17.9 Å². The van der Waals surface area contributed by atoms with Gasteiger partial charge in [0, 0.05) is 65.5 Å². The number of piperidine rings is 3. The van der Waals surface area contributed by atoms with Crippen molar-refractivity contribution in [3.05, 3.63) is 0 Å². The molecular formula is C39H71N3O7. The van der Waals surface area contributed by atoms with Gasteiger partial charge in [-0.05, 0) is 123 Å². The van der Waals surface area contributed by atoms with Crippen molar-refractivity contribution in [3.63, 3.8) is 0 Å². The Hall–Kier alpha value is -1.75. The topological polar surface area (TPSA) is 97.8 Å². The van der Waals surface area contributed by atoms with Crippen molar-refractivity contribution in [2.45, 2.75) is 186 Å². The first-order chi connectivity index (χ1) is 22.1. The van der Waals surface area contributed by atoms with E-state index >= 15 is 0 Å². The minimum atomic E-state index is -1.06. The third kappa shape index (κ3) is 9.78. The van der Waals surface area contributed by atoms with Gasteiger partial charge in [0.15, 0.2) is 0 Å². The van der Waals surface area contributed by atoms with Crippen LogP contribution in [-0.2, 0) is 33.3 Å². The van der Waals surface area contributed by atoms with Crippen LogP contribution < -0.4 is 0 Å². The smallest absolute Gasteiger partial charge is 0.310 e. The fourth-order valence-electron chi connectivity index (χ4n) is 9.18. The molecule has 284 valence electrons. The SMILES string of the molecule is COC(=O)C(CCOC1CC(C)(C)N(C)C(C)(C)C1)C(CC(=O)OC1CC(C)(C)N(C)C(C)(C)C1)C(=O)OC1CC(C)(C)N(C)C(C)(C)C1. The highest BCUT2D eigenvalue weighted by Gasteiger charge is 2.48. The van der Waals surface area contributed by atoms with Crippen LogP contribution in [0.4, 0.5) is 0 Å². The largest absolute Gasteiger partial charge is 0.469 e. The summed E-state index contributed by atoms with van der Waals surface area (Å²) in [6.45, 7) is 26.3. The predicted molar refractivity (Wildman–Crippen MR) is 193 cm³/mol. The molecule has 0 radical (unpaired) electrons. The molecule has 3 heterocycles. The average Bonchev–Trinajstić information content (AvgIpc) is 2.93. The summed E-state index contributed by atoms with van der Waals surface area (Å²) in [5, 5.41) is 0. The van der Waals surface area contributed by atoms with Gasteiger partial charge in [-0.1, -0.05) is 0 Å². The second-order valence-corrected chi connectivity index (χ2v) is 19.2. The first kappa shape index (κ1) is 41.7. The lowest BCUT2D eigenvalue weighted by Gasteiger charge is -2.53. The van der Waals surface area contributed by atoms with E-state index < -0.39 is 29.7 Å². The molecule has 0 aromatic heterocycles. The summed E-state index contributed by atoms with van der Waals surface area (Å²) in [6.07, 6.45) is 3.61. The number of rotatable bonds is 11. The molecule has 3 saturated heterocycles. The predicted octanol–water partition coefficient (Wildman–Crippen LogP) is 6.23. The van der Waals surface area contributed by atoms with Crippen LogP contribution in [0.15, 0.2) is 0 Å². The van der Waals surface area contributed by atoms with E-state index in [0.29, 0.717) is 25.7 Å². The summed E-state index contributed by atoms with van der Waals surface area (Å²) in [6, 6.07) is 0. The van der Waals surface area contributed by atoms with Crippen LogP contribution in [0.25, 0.3) is 0 Å².